The number of alkyl carbamates (subject to hydrolysis) is 1. The lowest BCUT2D eigenvalue weighted by Gasteiger charge is -2.25. The molecule has 1 aliphatic rings. The van der Waals surface area contributed by atoms with Crippen molar-refractivity contribution in [3.05, 3.63) is 35.9 Å². The number of benzene rings is 1. The second-order valence-corrected chi connectivity index (χ2v) is 8.28. The number of Topliss-reactive ketones (excluding diaryl/α,β-unsaturated/α-hetero) is 1. The first kappa shape index (κ1) is 26.7. The van der Waals surface area contributed by atoms with Crippen LogP contribution in [0.3, 0.4) is 0 Å². The standard InChI is InChI=1S/C23H31FN4O6/c1-15(2)20(27-23(33)34-14-16-7-4-3-5-8-16)22(32)26-13-19(30)28-10-6-9-18(28)21(31)25-12-17(29)11-24/h3-5,7-8,15,18,20H,6,9-14H2,1-2H3,(H,25,31)(H,26,32)(H,27,33). The number of amides is 4. The number of likely N-dealkylation sites (tertiary alicyclic amines) is 1. The average Bonchev–Trinajstić information content (AvgIpc) is 3.33. The SMILES string of the molecule is CC(C)C(NC(=O)OCc1ccccc1)C(=O)NCC(=O)N1CCCC1C(=O)NCC(=O)CF. The van der Waals surface area contributed by atoms with Crippen LogP contribution >= 0.6 is 0 Å². The second kappa shape index (κ2) is 13.3. The highest BCUT2D eigenvalue weighted by atomic mass is 19.1. The van der Waals surface area contributed by atoms with Crippen molar-refractivity contribution in [1.29, 1.82) is 0 Å². The number of alkyl halides is 1. The number of ketones is 1. The van der Waals surface area contributed by atoms with Gasteiger partial charge in [-0.15, -0.1) is 0 Å². The fourth-order valence-corrected chi connectivity index (χ4v) is 3.49. The topological polar surface area (TPSA) is 134 Å². The molecule has 0 aromatic heterocycles. The summed E-state index contributed by atoms with van der Waals surface area (Å²) in [5, 5.41) is 7.35. The number of hydrogen-bond donors (Lipinski definition) is 3. The van der Waals surface area contributed by atoms with Crippen LogP contribution in [0.1, 0.15) is 32.3 Å². The molecule has 2 rings (SSSR count). The lowest BCUT2D eigenvalue weighted by atomic mass is 10.0. The molecule has 3 N–H and O–H groups in total. The number of hydrogen-bond acceptors (Lipinski definition) is 6. The number of ether oxygens (including phenoxy) is 1. The van der Waals surface area contributed by atoms with Gasteiger partial charge in [-0.2, -0.15) is 0 Å². The average molecular weight is 479 g/mol. The summed E-state index contributed by atoms with van der Waals surface area (Å²) in [6.07, 6.45) is 0.222. The zero-order valence-corrected chi connectivity index (χ0v) is 19.3. The molecule has 1 saturated heterocycles. The van der Waals surface area contributed by atoms with Gasteiger partial charge in [0.25, 0.3) is 0 Å². The van der Waals surface area contributed by atoms with E-state index in [4.69, 9.17) is 4.74 Å². The maximum atomic E-state index is 12.6. The summed E-state index contributed by atoms with van der Waals surface area (Å²) < 4.78 is 17.4. The molecule has 1 aromatic rings. The van der Waals surface area contributed by atoms with Crippen LogP contribution in [0.5, 0.6) is 0 Å². The highest BCUT2D eigenvalue weighted by molar-refractivity contribution is 5.93. The Morgan fingerprint density at radius 1 is 1.09 bits per heavy atom. The van der Waals surface area contributed by atoms with Gasteiger partial charge in [-0.05, 0) is 24.3 Å². The van der Waals surface area contributed by atoms with E-state index in [0.717, 1.165) is 5.56 Å². The van der Waals surface area contributed by atoms with Crippen LogP contribution in [0.25, 0.3) is 0 Å². The molecule has 34 heavy (non-hydrogen) atoms. The Balaban J connectivity index is 1.84. The van der Waals surface area contributed by atoms with Crippen LogP contribution < -0.4 is 16.0 Å². The van der Waals surface area contributed by atoms with Crippen molar-refractivity contribution in [2.45, 2.75) is 45.4 Å². The van der Waals surface area contributed by atoms with Gasteiger partial charge in [-0.1, -0.05) is 44.2 Å². The molecule has 2 unspecified atom stereocenters. The number of nitrogens with zero attached hydrogens (tertiary/aromatic N) is 1. The van der Waals surface area contributed by atoms with Gasteiger partial charge in [0.15, 0.2) is 5.78 Å². The van der Waals surface area contributed by atoms with Crippen LogP contribution in [0, 0.1) is 5.92 Å². The maximum absolute atomic E-state index is 12.6. The van der Waals surface area contributed by atoms with Crippen molar-refractivity contribution in [3.8, 4) is 0 Å². The molecule has 0 saturated carbocycles. The van der Waals surface area contributed by atoms with Crippen LogP contribution in [0.15, 0.2) is 30.3 Å². The first-order valence-corrected chi connectivity index (χ1v) is 11.1. The molecule has 1 fully saturated rings. The van der Waals surface area contributed by atoms with Gasteiger partial charge in [0.05, 0.1) is 13.1 Å². The number of carbonyl (C=O) groups is 5. The quantitative estimate of drug-likeness (QED) is 0.429. The smallest absolute Gasteiger partial charge is 0.408 e. The second-order valence-electron chi connectivity index (χ2n) is 8.28. The minimum atomic E-state index is -1.18. The molecule has 0 bridgehead atoms. The van der Waals surface area contributed by atoms with E-state index in [0.29, 0.717) is 19.4 Å². The summed E-state index contributed by atoms with van der Waals surface area (Å²) in [6, 6.07) is 7.36. The molecule has 186 valence electrons. The Bertz CT molecular complexity index is 879. The number of halogens is 1. The van der Waals surface area contributed by atoms with Gasteiger partial charge >= 0.3 is 6.09 Å². The van der Waals surface area contributed by atoms with E-state index in [1.54, 1.807) is 26.0 Å². The molecular formula is C23H31FN4O6. The predicted molar refractivity (Wildman–Crippen MR) is 120 cm³/mol. The van der Waals surface area contributed by atoms with E-state index in [1.165, 1.54) is 4.90 Å². The zero-order chi connectivity index (χ0) is 25.1. The Morgan fingerprint density at radius 3 is 2.44 bits per heavy atom. The van der Waals surface area contributed by atoms with Crippen molar-refractivity contribution in [2.75, 3.05) is 26.3 Å². The minimum absolute atomic E-state index is 0.0485. The van der Waals surface area contributed by atoms with Gasteiger partial charge in [-0.3, -0.25) is 19.2 Å². The van der Waals surface area contributed by atoms with E-state index in [9.17, 15) is 28.4 Å². The molecule has 2 atom stereocenters. The lowest BCUT2D eigenvalue weighted by Crippen LogP contribution is -2.53. The summed E-state index contributed by atoms with van der Waals surface area (Å²) in [5.41, 5.74) is 0.798. The monoisotopic (exact) mass is 478 g/mol. The van der Waals surface area contributed by atoms with E-state index >= 15 is 0 Å². The minimum Gasteiger partial charge on any atom is -0.445 e. The molecule has 0 spiro atoms. The number of nitrogens with one attached hydrogen (secondary N) is 3. The molecule has 1 heterocycles. The van der Waals surface area contributed by atoms with Gasteiger partial charge < -0.3 is 25.6 Å². The maximum Gasteiger partial charge on any atom is 0.408 e. The van der Waals surface area contributed by atoms with Crippen LogP contribution in [0.4, 0.5) is 9.18 Å². The molecule has 4 amide bonds. The van der Waals surface area contributed by atoms with Crippen molar-refractivity contribution >= 4 is 29.6 Å². The highest BCUT2D eigenvalue weighted by Crippen LogP contribution is 2.17. The molecule has 1 aliphatic heterocycles. The van der Waals surface area contributed by atoms with E-state index in [-0.39, 0.29) is 19.1 Å². The fourth-order valence-electron chi connectivity index (χ4n) is 3.49. The summed E-state index contributed by atoms with van der Waals surface area (Å²) in [7, 11) is 0. The Hall–Kier alpha value is -3.50. The molecule has 10 nitrogen and oxygen atoms in total. The van der Waals surface area contributed by atoms with Gasteiger partial charge in [0.2, 0.25) is 17.7 Å². The largest absolute Gasteiger partial charge is 0.445 e. The lowest BCUT2D eigenvalue weighted by molar-refractivity contribution is -0.139. The van der Waals surface area contributed by atoms with Crippen LogP contribution in [-0.4, -0.2) is 72.9 Å². The highest BCUT2D eigenvalue weighted by Gasteiger charge is 2.34. The first-order chi connectivity index (χ1) is 16.2. The third-order valence-electron chi connectivity index (χ3n) is 5.33. The molecular weight excluding hydrogens is 447 g/mol. The summed E-state index contributed by atoms with van der Waals surface area (Å²) in [4.78, 5) is 62.1. The van der Waals surface area contributed by atoms with Crippen molar-refractivity contribution < 1.29 is 33.1 Å². The summed E-state index contributed by atoms with van der Waals surface area (Å²) in [6.45, 7) is 1.87. The van der Waals surface area contributed by atoms with Gasteiger partial charge in [0.1, 0.15) is 25.4 Å². The zero-order valence-electron chi connectivity index (χ0n) is 19.3. The third kappa shape index (κ3) is 8.13. The number of carbonyl (C=O) groups excluding carboxylic acids is 5. The van der Waals surface area contributed by atoms with Crippen LogP contribution in [0.2, 0.25) is 0 Å². The summed E-state index contributed by atoms with van der Waals surface area (Å²) >= 11 is 0. The van der Waals surface area contributed by atoms with E-state index < -0.39 is 54.9 Å². The van der Waals surface area contributed by atoms with E-state index in [1.807, 2.05) is 18.2 Å². The van der Waals surface area contributed by atoms with Gasteiger partial charge in [-0.25, -0.2) is 9.18 Å². The number of rotatable bonds is 11. The third-order valence-corrected chi connectivity index (χ3v) is 5.33. The van der Waals surface area contributed by atoms with Crippen molar-refractivity contribution in [3.63, 3.8) is 0 Å². The normalized spacial score (nSPS) is 16.0. The molecule has 0 radical (unpaired) electrons. The molecule has 1 aromatic carbocycles. The summed E-state index contributed by atoms with van der Waals surface area (Å²) in [5.74, 6) is -2.61. The predicted octanol–water partition coefficient (Wildman–Crippen LogP) is 0.699. The Labute approximate surface area is 197 Å². The Morgan fingerprint density at radius 2 is 1.79 bits per heavy atom. The molecule has 11 heteroatoms. The fraction of sp³-hybridized carbons (Fsp3) is 0.522. The van der Waals surface area contributed by atoms with Gasteiger partial charge in [0, 0.05) is 6.54 Å². The van der Waals surface area contributed by atoms with Crippen molar-refractivity contribution in [1.82, 2.24) is 20.9 Å². The Kier molecular flexibility index (Phi) is 10.4. The first-order valence-electron chi connectivity index (χ1n) is 11.1. The molecule has 0 aliphatic carbocycles. The van der Waals surface area contributed by atoms with Crippen LogP contribution in [-0.2, 0) is 30.5 Å². The van der Waals surface area contributed by atoms with E-state index in [2.05, 4.69) is 16.0 Å². The van der Waals surface area contributed by atoms with Crippen molar-refractivity contribution in [2.24, 2.45) is 5.92 Å².